The number of pyridine rings is 1. The first-order valence-electron chi connectivity index (χ1n) is 5.76. The van der Waals surface area contributed by atoms with Crippen LogP contribution in [0.15, 0.2) is 36.7 Å². The monoisotopic (exact) mass is 238 g/mol. The van der Waals surface area contributed by atoms with E-state index in [2.05, 4.69) is 11.1 Å². The van der Waals surface area contributed by atoms with Crippen LogP contribution in [0, 0.1) is 18.3 Å². The number of benzene rings is 1. The molecule has 18 heavy (non-hydrogen) atoms. The summed E-state index contributed by atoms with van der Waals surface area (Å²) < 4.78 is 0. The topological polar surface area (TPSA) is 56.9 Å². The number of aryl methyl sites for hydroxylation is 1. The van der Waals surface area contributed by atoms with Crippen LogP contribution in [0.2, 0.25) is 0 Å². The van der Waals surface area contributed by atoms with Gasteiger partial charge in [0.15, 0.2) is 0 Å². The number of aliphatic hydroxyl groups excluding tert-OH is 1. The Labute approximate surface area is 106 Å². The van der Waals surface area contributed by atoms with Gasteiger partial charge in [0.1, 0.15) is 0 Å². The van der Waals surface area contributed by atoms with E-state index in [1.165, 1.54) is 0 Å². The van der Waals surface area contributed by atoms with Crippen molar-refractivity contribution in [2.24, 2.45) is 0 Å². The third-order valence-corrected chi connectivity index (χ3v) is 2.96. The number of nitriles is 1. The minimum Gasteiger partial charge on any atom is -0.389 e. The fourth-order valence-corrected chi connectivity index (χ4v) is 1.97. The summed E-state index contributed by atoms with van der Waals surface area (Å²) in [7, 11) is 0. The van der Waals surface area contributed by atoms with Gasteiger partial charge in [0, 0.05) is 18.0 Å². The molecular weight excluding hydrogens is 224 g/mol. The highest BCUT2D eigenvalue weighted by Crippen LogP contribution is 2.28. The van der Waals surface area contributed by atoms with E-state index in [4.69, 9.17) is 5.26 Å². The smallest absolute Gasteiger partial charge is 0.0994 e. The molecule has 2 aromatic rings. The summed E-state index contributed by atoms with van der Waals surface area (Å²) in [6, 6.07) is 9.58. The van der Waals surface area contributed by atoms with E-state index in [9.17, 15) is 5.11 Å². The predicted molar refractivity (Wildman–Crippen MR) is 69.8 cm³/mol. The van der Waals surface area contributed by atoms with E-state index in [1.807, 2.05) is 25.1 Å². The summed E-state index contributed by atoms with van der Waals surface area (Å²) in [5.41, 5.74) is 4.31. The Bertz CT molecular complexity index is 612. The molecule has 0 unspecified atom stereocenters. The Hall–Kier alpha value is -2.18. The van der Waals surface area contributed by atoms with E-state index in [-0.39, 0.29) is 0 Å². The molecule has 0 aliphatic heterocycles. The molecule has 1 N–H and O–H groups in total. The predicted octanol–water partition coefficient (Wildman–Crippen LogP) is 2.98. The van der Waals surface area contributed by atoms with Crippen LogP contribution in [0.4, 0.5) is 0 Å². The van der Waals surface area contributed by atoms with Crippen LogP contribution in [0.1, 0.15) is 29.7 Å². The Morgan fingerprint density at radius 2 is 2.11 bits per heavy atom. The summed E-state index contributed by atoms with van der Waals surface area (Å²) in [6.45, 7) is 3.63. The first kappa shape index (κ1) is 12.3. The molecule has 2 rings (SSSR count). The molecule has 1 aromatic carbocycles. The van der Waals surface area contributed by atoms with Crippen LogP contribution in [-0.2, 0) is 0 Å². The number of aliphatic hydroxyl groups is 1. The van der Waals surface area contributed by atoms with Gasteiger partial charge in [-0.05, 0) is 42.7 Å². The van der Waals surface area contributed by atoms with Crippen molar-refractivity contribution in [2.75, 3.05) is 0 Å². The normalized spacial score (nSPS) is 11.9. The van der Waals surface area contributed by atoms with Crippen molar-refractivity contribution in [2.45, 2.75) is 20.0 Å². The highest BCUT2D eigenvalue weighted by Gasteiger charge is 2.10. The van der Waals surface area contributed by atoms with Crippen molar-refractivity contribution in [1.29, 1.82) is 5.26 Å². The molecule has 0 spiro atoms. The Balaban J connectivity index is 2.56. The van der Waals surface area contributed by atoms with Crippen molar-refractivity contribution in [1.82, 2.24) is 4.98 Å². The number of aromatic nitrogens is 1. The van der Waals surface area contributed by atoms with E-state index < -0.39 is 6.10 Å². The van der Waals surface area contributed by atoms with Crippen molar-refractivity contribution in [3.05, 3.63) is 53.3 Å². The third-order valence-electron chi connectivity index (χ3n) is 2.96. The van der Waals surface area contributed by atoms with Gasteiger partial charge >= 0.3 is 0 Å². The Morgan fingerprint density at radius 3 is 2.72 bits per heavy atom. The van der Waals surface area contributed by atoms with Crippen LogP contribution < -0.4 is 0 Å². The van der Waals surface area contributed by atoms with E-state index in [0.29, 0.717) is 5.56 Å². The minimum atomic E-state index is -0.543. The molecule has 0 radical (unpaired) electrons. The molecule has 3 nitrogen and oxygen atoms in total. The van der Waals surface area contributed by atoms with Crippen LogP contribution >= 0.6 is 0 Å². The van der Waals surface area contributed by atoms with Crippen molar-refractivity contribution >= 4 is 0 Å². The number of hydrogen-bond donors (Lipinski definition) is 1. The Morgan fingerprint density at radius 1 is 1.33 bits per heavy atom. The summed E-state index contributed by atoms with van der Waals surface area (Å²) in [5.74, 6) is 0. The van der Waals surface area contributed by atoms with Gasteiger partial charge in [0.25, 0.3) is 0 Å². The Kier molecular flexibility index (Phi) is 3.40. The number of rotatable bonds is 2. The van der Waals surface area contributed by atoms with Gasteiger partial charge in [-0.1, -0.05) is 12.1 Å². The van der Waals surface area contributed by atoms with Crippen molar-refractivity contribution in [3.8, 4) is 17.2 Å². The molecule has 0 fully saturated rings. The zero-order valence-corrected chi connectivity index (χ0v) is 10.4. The van der Waals surface area contributed by atoms with Crippen molar-refractivity contribution < 1.29 is 5.11 Å². The van der Waals surface area contributed by atoms with Gasteiger partial charge < -0.3 is 5.11 Å². The summed E-state index contributed by atoms with van der Waals surface area (Å²) in [5, 5.41) is 18.7. The molecule has 90 valence electrons. The van der Waals surface area contributed by atoms with Gasteiger partial charge in [0.05, 0.1) is 17.7 Å². The molecule has 0 aliphatic rings. The van der Waals surface area contributed by atoms with Crippen LogP contribution in [0.25, 0.3) is 11.1 Å². The van der Waals surface area contributed by atoms with Gasteiger partial charge in [-0.3, -0.25) is 4.98 Å². The first-order valence-corrected chi connectivity index (χ1v) is 5.76. The van der Waals surface area contributed by atoms with Gasteiger partial charge in [-0.2, -0.15) is 5.26 Å². The fraction of sp³-hybridized carbons (Fsp3) is 0.200. The molecule has 1 heterocycles. The number of hydrogen-bond acceptors (Lipinski definition) is 3. The maximum absolute atomic E-state index is 9.76. The van der Waals surface area contributed by atoms with E-state index >= 15 is 0 Å². The largest absolute Gasteiger partial charge is 0.389 e. The highest BCUT2D eigenvalue weighted by molar-refractivity contribution is 5.68. The summed E-state index contributed by atoms with van der Waals surface area (Å²) >= 11 is 0. The third kappa shape index (κ3) is 2.24. The molecule has 0 saturated heterocycles. The molecule has 1 aromatic heterocycles. The molecule has 3 heteroatoms. The quantitative estimate of drug-likeness (QED) is 0.875. The van der Waals surface area contributed by atoms with Crippen molar-refractivity contribution in [3.63, 3.8) is 0 Å². The first-order chi connectivity index (χ1) is 8.63. The lowest BCUT2D eigenvalue weighted by Gasteiger charge is -2.12. The van der Waals surface area contributed by atoms with Crippen LogP contribution in [0.5, 0.6) is 0 Å². The second-order valence-electron chi connectivity index (χ2n) is 4.28. The molecule has 0 bridgehead atoms. The lowest BCUT2D eigenvalue weighted by atomic mass is 9.96. The van der Waals surface area contributed by atoms with Gasteiger partial charge in [0.2, 0.25) is 0 Å². The molecular formula is C15H14N2O. The maximum atomic E-state index is 9.76. The standard InChI is InChI=1S/C15H14N2O/c1-10-7-12(3-4-13(10)8-16)15-9-17-6-5-14(15)11(2)18/h3-7,9,11,18H,1-2H3/t11-/m0/s1. The van der Waals surface area contributed by atoms with E-state index in [1.54, 1.807) is 25.4 Å². The highest BCUT2D eigenvalue weighted by atomic mass is 16.3. The van der Waals surface area contributed by atoms with Gasteiger partial charge in [-0.15, -0.1) is 0 Å². The maximum Gasteiger partial charge on any atom is 0.0994 e. The average molecular weight is 238 g/mol. The fourth-order valence-electron chi connectivity index (χ4n) is 1.97. The molecule has 1 atom stereocenters. The zero-order valence-electron chi connectivity index (χ0n) is 10.4. The lowest BCUT2D eigenvalue weighted by Crippen LogP contribution is -1.96. The molecule has 0 amide bonds. The minimum absolute atomic E-state index is 0.543. The van der Waals surface area contributed by atoms with Gasteiger partial charge in [-0.25, -0.2) is 0 Å². The second kappa shape index (κ2) is 4.99. The average Bonchev–Trinajstić information content (AvgIpc) is 2.38. The second-order valence-corrected chi connectivity index (χ2v) is 4.28. The zero-order chi connectivity index (χ0) is 13.1. The van der Waals surface area contributed by atoms with Crippen LogP contribution in [-0.4, -0.2) is 10.1 Å². The van der Waals surface area contributed by atoms with E-state index in [0.717, 1.165) is 22.3 Å². The summed E-state index contributed by atoms with van der Waals surface area (Å²) in [6.07, 6.45) is 2.87. The molecule has 0 aliphatic carbocycles. The SMILES string of the molecule is Cc1cc(-c2cnccc2[C@H](C)O)ccc1C#N. The lowest BCUT2D eigenvalue weighted by molar-refractivity contribution is 0.200. The summed E-state index contributed by atoms with van der Waals surface area (Å²) in [4.78, 5) is 4.10. The number of nitrogens with zero attached hydrogens (tertiary/aromatic N) is 2. The molecule has 0 saturated carbocycles. The van der Waals surface area contributed by atoms with Crippen LogP contribution in [0.3, 0.4) is 0 Å².